The van der Waals surface area contributed by atoms with Crippen LogP contribution in [0.15, 0.2) is 24.3 Å². The first-order chi connectivity index (χ1) is 8.70. The number of hydrogen-bond donors (Lipinski definition) is 1. The highest BCUT2D eigenvalue weighted by molar-refractivity contribution is 5.96. The molecule has 1 saturated carbocycles. The summed E-state index contributed by atoms with van der Waals surface area (Å²) in [7, 11) is 0. The summed E-state index contributed by atoms with van der Waals surface area (Å²) in [4.78, 5) is 12.1. The topological polar surface area (TPSA) is 43.1 Å². The van der Waals surface area contributed by atoms with Crippen molar-refractivity contribution in [3.63, 3.8) is 0 Å². The van der Waals surface area contributed by atoms with E-state index in [2.05, 4.69) is 19.1 Å². The lowest BCUT2D eigenvalue weighted by Crippen LogP contribution is -2.13. The van der Waals surface area contributed by atoms with Crippen LogP contribution in [-0.4, -0.2) is 12.3 Å². The van der Waals surface area contributed by atoms with Crippen LogP contribution in [0.5, 0.6) is 0 Å². The summed E-state index contributed by atoms with van der Waals surface area (Å²) in [6.07, 6.45) is 5.40. The molecule has 0 aliphatic heterocycles. The van der Waals surface area contributed by atoms with E-state index in [0.29, 0.717) is 24.8 Å². The molecule has 1 aromatic rings. The van der Waals surface area contributed by atoms with Crippen LogP contribution in [0.3, 0.4) is 0 Å². The second-order valence-electron chi connectivity index (χ2n) is 5.56. The minimum atomic E-state index is 0.261. The Morgan fingerprint density at radius 1 is 1.44 bits per heavy atom. The summed E-state index contributed by atoms with van der Waals surface area (Å²) in [5.41, 5.74) is 7.80. The van der Waals surface area contributed by atoms with Crippen LogP contribution in [0.25, 0.3) is 0 Å². The van der Waals surface area contributed by atoms with Crippen LogP contribution in [0.2, 0.25) is 0 Å². The molecule has 0 aromatic heterocycles. The summed E-state index contributed by atoms with van der Waals surface area (Å²) < 4.78 is 0. The molecular formula is C16H23NO. The summed E-state index contributed by atoms with van der Waals surface area (Å²) in [6, 6.07) is 8.22. The molecule has 0 amide bonds. The summed E-state index contributed by atoms with van der Waals surface area (Å²) >= 11 is 0. The Kier molecular flexibility index (Phi) is 4.54. The Hall–Kier alpha value is -1.15. The molecule has 1 unspecified atom stereocenters. The van der Waals surface area contributed by atoms with Crippen molar-refractivity contribution in [2.45, 2.75) is 44.9 Å². The number of carbonyl (C=O) groups excluding carboxylic acids is 1. The van der Waals surface area contributed by atoms with Crippen molar-refractivity contribution in [2.24, 2.45) is 11.7 Å². The van der Waals surface area contributed by atoms with Gasteiger partial charge in [0, 0.05) is 12.0 Å². The molecule has 2 heteroatoms. The van der Waals surface area contributed by atoms with Crippen LogP contribution >= 0.6 is 0 Å². The number of Topliss-reactive ketones (excluding diaryl/α,β-unsaturated/α-hetero) is 1. The van der Waals surface area contributed by atoms with E-state index in [-0.39, 0.29) is 5.78 Å². The molecule has 1 aliphatic rings. The zero-order valence-electron chi connectivity index (χ0n) is 11.2. The molecule has 0 spiro atoms. The fraction of sp³-hybridized carbons (Fsp3) is 0.562. The van der Waals surface area contributed by atoms with Crippen molar-refractivity contribution in [2.75, 3.05) is 6.54 Å². The quantitative estimate of drug-likeness (QED) is 0.779. The predicted molar refractivity (Wildman–Crippen MR) is 74.8 cm³/mol. The van der Waals surface area contributed by atoms with Gasteiger partial charge in [-0.3, -0.25) is 4.79 Å². The van der Waals surface area contributed by atoms with Gasteiger partial charge >= 0.3 is 0 Å². The second kappa shape index (κ2) is 6.14. The van der Waals surface area contributed by atoms with Crippen molar-refractivity contribution >= 4 is 5.78 Å². The van der Waals surface area contributed by atoms with Crippen LogP contribution in [0.4, 0.5) is 0 Å². The summed E-state index contributed by atoms with van der Waals surface area (Å²) in [5.74, 6) is 1.39. The van der Waals surface area contributed by atoms with Gasteiger partial charge in [0.15, 0.2) is 5.78 Å². The first-order valence-electron chi connectivity index (χ1n) is 7.04. The predicted octanol–water partition coefficient (Wildman–Crippen LogP) is 3.51. The average molecular weight is 245 g/mol. The zero-order valence-corrected chi connectivity index (χ0v) is 11.2. The van der Waals surface area contributed by atoms with Gasteiger partial charge in [0.1, 0.15) is 0 Å². The molecular weight excluding hydrogens is 222 g/mol. The molecule has 1 atom stereocenters. The van der Waals surface area contributed by atoms with Crippen molar-refractivity contribution in [1.29, 1.82) is 0 Å². The number of rotatable bonds is 6. The van der Waals surface area contributed by atoms with Crippen molar-refractivity contribution < 1.29 is 4.79 Å². The smallest absolute Gasteiger partial charge is 0.162 e. The molecule has 0 bridgehead atoms. The highest BCUT2D eigenvalue weighted by Crippen LogP contribution is 2.36. The van der Waals surface area contributed by atoms with Gasteiger partial charge in [0.05, 0.1) is 0 Å². The minimum absolute atomic E-state index is 0.261. The van der Waals surface area contributed by atoms with Gasteiger partial charge in [-0.25, -0.2) is 0 Å². The molecule has 2 nitrogen and oxygen atoms in total. The molecule has 1 fully saturated rings. The first-order valence-corrected chi connectivity index (χ1v) is 7.04. The maximum atomic E-state index is 12.1. The molecule has 0 saturated heterocycles. The fourth-order valence-corrected chi connectivity index (χ4v) is 2.35. The number of carbonyl (C=O) groups is 1. The molecule has 18 heavy (non-hydrogen) atoms. The number of hydrogen-bond acceptors (Lipinski definition) is 2. The van der Waals surface area contributed by atoms with E-state index in [1.165, 1.54) is 24.8 Å². The number of ketones is 1. The monoisotopic (exact) mass is 245 g/mol. The van der Waals surface area contributed by atoms with E-state index in [1.807, 2.05) is 12.1 Å². The highest BCUT2D eigenvalue weighted by atomic mass is 16.1. The Labute approximate surface area is 110 Å². The standard InChI is InChI=1S/C16H23NO/c1-12(11-17)8-9-16(18)15-7-3-6-14(10-15)13-4-2-5-13/h3,6-7,10,12-13H,2,4-5,8-9,11,17H2,1H3. The lowest BCUT2D eigenvalue weighted by Gasteiger charge is -2.26. The van der Waals surface area contributed by atoms with E-state index in [1.54, 1.807) is 0 Å². The molecule has 2 N–H and O–H groups in total. The van der Waals surface area contributed by atoms with Gasteiger partial charge in [-0.05, 0) is 49.3 Å². The Morgan fingerprint density at radius 2 is 2.22 bits per heavy atom. The van der Waals surface area contributed by atoms with Crippen LogP contribution < -0.4 is 5.73 Å². The van der Waals surface area contributed by atoms with Gasteiger partial charge < -0.3 is 5.73 Å². The maximum absolute atomic E-state index is 12.1. The first kappa shape index (κ1) is 13.3. The number of benzene rings is 1. The lowest BCUT2D eigenvalue weighted by molar-refractivity contribution is 0.0975. The van der Waals surface area contributed by atoms with Crippen molar-refractivity contribution in [3.8, 4) is 0 Å². The summed E-state index contributed by atoms with van der Waals surface area (Å²) in [5, 5.41) is 0. The minimum Gasteiger partial charge on any atom is -0.330 e. The maximum Gasteiger partial charge on any atom is 0.162 e. The highest BCUT2D eigenvalue weighted by Gasteiger charge is 2.20. The average Bonchev–Trinajstić information content (AvgIpc) is 2.33. The zero-order chi connectivity index (χ0) is 13.0. The van der Waals surface area contributed by atoms with Gasteiger partial charge in [0.2, 0.25) is 0 Å². The van der Waals surface area contributed by atoms with Gasteiger partial charge in [-0.2, -0.15) is 0 Å². The molecule has 1 aliphatic carbocycles. The lowest BCUT2D eigenvalue weighted by atomic mass is 9.79. The molecule has 98 valence electrons. The van der Waals surface area contributed by atoms with E-state index >= 15 is 0 Å². The second-order valence-corrected chi connectivity index (χ2v) is 5.56. The third-order valence-corrected chi connectivity index (χ3v) is 4.05. The largest absolute Gasteiger partial charge is 0.330 e. The Bertz CT molecular complexity index is 409. The van der Waals surface area contributed by atoms with Gasteiger partial charge in [-0.15, -0.1) is 0 Å². The van der Waals surface area contributed by atoms with E-state index in [0.717, 1.165) is 12.0 Å². The van der Waals surface area contributed by atoms with E-state index in [9.17, 15) is 4.79 Å². The molecule has 0 radical (unpaired) electrons. The van der Waals surface area contributed by atoms with E-state index in [4.69, 9.17) is 5.73 Å². The van der Waals surface area contributed by atoms with Crippen LogP contribution in [-0.2, 0) is 0 Å². The third-order valence-electron chi connectivity index (χ3n) is 4.05. The van der Waals surface area contributed by atoms with E-state index < -0.39 is 0 Å². The third kappa shape index (κ3) is 3.20. The van der Waals surface area contributed by atoms with Crippen LogP contribution in [0.1, 0.15) is 60.9 Å². The molecule has 1 aromatic carbocycles. The van der Waals surface area contributed by atoms with Crippen molar-refractivity contribution in [3.05, 3.63) is 35.4 Å². The fourth-order valence-electron chi connectivity index (χ4n) is 2.35. The SMILES string of the molecule is CC(CN)CCC(=O)c1cccc(C2CCC2)c1. The Morgan fingerprint density at radius 3 is 2.83 bits per heavy atom. The van der Waals surface area contributed by atoms with Gasteiger partial charge in [0.25, 0.3) is 0 Å². The molecule has 0 heterocycles. The number of nitrogens with two attached hydrogens (primary N) is 1. The van der Waals surface area contributed by atoms with Crippen LogP contribution in [0, 0.1) is 5.92 Å². The molecule has 2 rings (SSSR count). The Balaban J connectivity index is 1.96. The van der Waals surface area contributed by atoms with Gasteiger partial charge in [-0.1, -0.05) is 31.5 Å². The van der Waals surface area contributed by atoms with Crippen molar-refractivity contribution in [1.82, 2.24) is 0 Å². The normalized spacial score (nSPS) is 17.2. The summed E-state index contributed by atoms with van der Waals surface area (Å²) in [6.45, 7) is 2.76.